The van der Waals surface area contributed by atoms with Gasteiger partial charge in [0.05, 0.1) is 24.2 Å². The largest absolute Gasteiger partial charge is 0.497 e. The molecule has 94 valence electrons. The Balaban J connectivity index is 2.33. The average molecular weight is 372 g/mol. The van der Waals surface area contributed by atoms with E-state index in [2.05, 4.69) is 37.2 Å². The van der Waals surface area contributed by atoms with Crippen LogP contribution in [0.1, 0.15) is 0 Å². The zero-order valence-electron chi connectivity index (χ0n) is 9.71. The standard InChI is InChI=1S/C13H12Br2N2O/c1-18-9-3-4-10(15)13(7-9)17-12-5-2-8(14)6-11(12)16/h2-7,17H,16H2,1H3. The number of nitrogens with two attached hydrogens (primary N) is 1. The Kier molecular flexibility index (Phi) is 4.14. The Labute approximate surface area is 123 Å². The van der Waals surface area contributed by atoms with Gasteiger partial charge in [-0.2, -0.15) is 0 Å². The molecule has 0 amide bonds. The highest BCUT2D eigenvalue weighted by Gasteiger charge is 2.05. The molecule has 0 fully saturated rings. The minimum Gasteiger partial charge on any atom is -0.497 e. The number of ether oxygens (including phenoxy) is 1. The maximum absolute atomic E-state index is 5.95. The third-order valence-corrected chi connectivity index (χ3v) is 3.64. The molecule has 3 N–H and O–H groups in total. The number of nitrogen functional groups attached to an aromatic ring is 1. The third-order valence-electron chi connectivity index (χ3n) is 2.46. The Bertz CT molecular complexity index is 573. The van der Waals surface area contributed by atoms with Crippen molar-refractivity contribution < 1.29 is 4.74 Å². The quantitative estimate of drug-likeness (QED) is 0.778. The second-order valence-electron chi connectivity index (χ2n) is 3.70. The van der Waals surface area contributed by atoms with Crippen molar-refractivity contribution in [3.63, 3.8) is 0 Å². The highest BCUT2D eigenvalue weighted by Crippen LogP contribution is 2.32. The fraction of sp³-hybridized carbons (Fsp3) is 0.0769. The number of hydrogen-bond acceptors (Lipinski definition) is 3. The summed E-state index contributed by atoms with van der Waals surface area (Å²) in [6, 6.07) is 11.4. The number of rotatable bonds is 3. The van der Waals surface area contributed by atoms with E-state index in [4.69, 9.17) is 10.5 Å². The summed E-state index contributed by atoms with van der Waals surface area (Å²) in [6.45, 7) is 0. The van der Waals surface area contributed by atoms with E-state index in [1.165, 1.54) is 0 Å². The highest BCUT2D eigenvalue weighted by molar-refractivity contribution is 9.10. The van der Waals surface area contributed by atoms with E-state index in [1.54, 1.807) is 7.11 Å². The Morgan fingerprint density at radius 1 is 1.06 bits per heavy atom. The number of nitrogens with one attached hydrogen (secondary N) is 1. The molecule has 2 aromatic carbocycles. The predicted octanol–water partition coefficient (Wildman–Crippen LogP) is 4.55. The van der Waals surface area contributed by atoms with Gasteiger partial charge in [-0.3, -0.25) is 0 Å². The topological polar surface area (TPSA) is 47.3 Å². The van der Waals surface area contributed by atoms with Gasteiger partial charge < -0.3 is 15.8 Å². The molecule has 0 spiro atoms. The van der Waals surface area contributed by atoms with Gasteiger partial charge in [0.2, 0.25) is 0 Å². The normalized spacial score (nSPS) is 10.2. The number of halogens is 2. The van der Waals surface area contributed by atoms with Crippen LogP contribution in [0, 0.1) is 0 Å². The SMILES string of the molecule is COc1ccc(Br)c(Nc2ccc(Br)cc2N)c1. The molecule has 0 heterocycles. The highest BCUT2D eigenvalue weighted by atomic mass is 79.9. The monoisotopic (exact) mass is 370 g/mol. The first-order valence-corrected chi connectivity index (χ1v) is 6.84. The van der Waals surface area contributed by atoms with Crippen molar-refractivity contribution in [3.8, 4) is 5.75 Å². The molecule has 0 bridgehead atoms. The van der Waals surface area contributed by atoms with Crippen LogP contribution in [-0.4, -0.2) is 7.11 Å². The van der Waals surface area contributed by atoms with Gasteiger partial charge in [-0.25, -0.2) is 0 Å². The van der Waals surface area contributed by atoms with Gasteiger partial charge >= 0.3 is 0 Å². The molecule has 0 unspecified atom stereocenters. The van der Waals surface area contributed by atoms with Crippen LogP contribution >= 0.6 is 31.9 Å². The van der Waals surface area contributed by atoms with Gasteiger partial charge in [-0.05, 0) is 46.3 Å². The van der Waals surface area contributed by atoms with Crippen molar-refractivity contribution in [2.24, 2.45) is 0 Å². The minimum atomic E-state index is 0.680. The molecule has 0 saturated carbocycles. The van der Waals surface area contributed by atoms with E-state index in [0.717, 1.165) is 26.1 Å². The molecular formula is C13H12Br2N2O. The molecule has 0 saturated heterocycles. The first-order chi connectivity index (χ1) is 8.60. The lowest BCUT2D eigenvalue weighted by Gasteiger charge is -2.12. The van der Waals surface area contributed by atoms with Gasteiger partial charge in [-0.15, -0.1) is 0 Å². The Morgan fingerprint density at radius 3 is 2.50 bits per heavy atom. The van der Waals surface area contributed by atoms with Crippen molar-refractivity contribution in [1.29, 1.82) is 0 Å². The summed E-state index contributed by atoms with van der Waals surface area (Å²) in [5.41, 5.74) is 8.39. The van der Waals surface area contributed by atoms with Crippen LogP contribution in [0.2, 0.25) is 0 Å². The Morgan fingerprint density at radius 2 is 1.83 bits per heavy atom. The third kappa shape index (κ3) is 2.97. The smallest absolute Gasteiger partial charge is 0.121 e. The van der Waals surface area contributed by atoms with E-state index in [1.807, 2.05) is 36.4 Å². The molecule has 0 aromatic heterocycles. The molecule has 18 heavy (non-hydrogen) atoms. The molecule has 2 rings (SSSR count). The van der Waals surface area contributed by atoms with Crippen molar-refractivity contribution >= 4 is 48.9 Å². The van der Waals surface area contributed by atoms with Crippen molar-refractivity contribution in [2.45, 2.75) is 0 Å². The molecular weight excluding hydrogens is 360 g/mol. The van der Waals surface area contributed by atoms with Gasteiger partial charge in [0.25, 0.3) is 0 Å². The van der Waals surface area contributed by atoms with Crippen LogP contribution in [0.25, 0.3) is 0 Å². The van der Waals surface area contributed by atoms with Crippen LogP contribution in [0.15, 0.2) is 45.3 Å². The van der Waals surface area contributed by atoms with Crippen molar-refractivity contribution in [3.05, 3.63) is 45.3 Å². The lowest BCUT2D eigenvalue weighted by atomic mass is 10.2. The minimum absolute atomic E-state index is 0.680. The summed E-state index contributed by atoms with van der Waals surface area (Å²) in [5, 5.41) is 3.27. The Hall–Kier alpha value is -1.20. The van der Waals surface area contributed by atoms with E-state index in [0.29, 0.717) is 5.69 Å². The molecule has 2 aromatic rings. The van der Waals surface area contributed by atoms with Crippen molar-refractivity contribution in [2.75, 3.05) is 18.2 Å². The summed E-state index contributed by atoms with van der Waals surface area (Å²) < 4.78 is 7.10. The fourth-order valence-corrected chi connectivity index (χ4v) is 2.24. The van der Waals surface area contributed by atoms with Crippen LogP contribution in [0.3, 0.4) is 0 Å². The summed E-state index contributed by atoms with van der Waals surface area (Å²) in [5.74, 6) is 0.788. The molecule has 5 heteroatoms. The number of hydrogen-bond donors (Lipinski definition) is 2. The van der Waals surface area contributed by atoms with Crippen molar-refractivity contribution in [1.82, 2.24) is 0 Å². The van der Waals surface area contributed by atoms with E-state index in [9.17, 15) is 0 Å². The van der Waals surface area contributed by atoms with Gasteiger partial charge in [-0.1, -0.05) is 15.9 Å². The summed E-state index contributed by atoms with van der Waals surface area (Å²) in [7, 11) is 1.64. The molecule has 0 aliphatic heterocycles. The predicted molar refractivity (Wildman–Crippen MR) is 82.5 cm³/mol. The lowest BCUT2D eigenvalue weighted by Crippen LogP contribution is -1.97. The average Bonchev–Trinajstić information content (AvgIpc) is 2.35. The van der Waals surface area contributed by atoms with E-state index >= 15 is 0 Å². The maximum Gasteiger partial charge on any atom is 0.121 e. The maximum atomic E-state index is 5.95. The number of benzene rings is 2. The van der Waals surface area contributed by atoms with E-state index < -0.39 is 0 Å². The van der Waals surface area contributed by atoms with Gasteiger partial charge in [0.1, 0.15) is 5.75 Å². The lowest BCUT2D eigenvalue weighted by molar-refractivity contribution is 0.415. The zero-order valence-corrected chi connectivity index (χ0v) is 12.9. The van der Waals surface area contributed by atoms with Gasteiger partial charge in [0, 0.05) is 15.0 Å². The van der Waals surface area contributed by atoms with Gasteiger partial charge in [0.15, 0.2) is 0 Å². The second kappa shape index (κ2) is 5.63. The molecule has 0 atom stereocenters. The van der Waals surface area contributed by atoms with Crippen LogP contribution in [-0.2, 0) is 0 Å². The fourth-order valence-electron chi connectivity index (χ4n) is 1.52. The summed E-state index contributed by atoms with van der Waals surface area (Å²) >= 11 is 6.87. The molecule has 0 aliphatic carbocycles. The molecule has 0 aliphatic rings. The van der Waals surface area contributed by atoms with Crippen LogP contribution in [0.5, 0.6) is 5.75 Å². The van der Waals surface area contributed by atoms with Crippen LogP contribution < -0.4 is 15.8 Å². The first-order valence-electron chi connectivity index (χ1n) is 5.26. The first kappa shape index (κ1) is 13.2. The number of anilines is 3. The molecule has 0 radical (unpaired) electrons. The second-order valence-corrected chi connectivity index (χ2v) is 5.47. The van der Waals surface area contributed by atoms with Crippen LogP contribution in [0.4, 0.5) is 17.1 Å². The van der Waals surface area contributed by atoms with E-state index in [-0.39, 0.29) is 0 Å². The summed E-state index contributed by atoms with van der Waals surface area (Å²) in [4.78, 5) is 0. The number of methoxy groups -OCH3 is 1. The summed E-state index contributed by atoms with van der Waals surface area (Å²) in [6.07, 6.45) is 0. The zero-order chi connectivity index (χ0) is 13.1. The molecule has 3 nitrogen and oxygen atoms in total.